The Morgan fingerprint density at radius 2 is 1.86 bits per heavy atom. The van der Waals surface area contributed by atoms with E-state index < -0.39 is 0 Å². The third-order valence-corrected chi connectivity index (χ3v) is 3.95. The standard InChI is InChI=1S/C18H21NO3/c1-19-11-13-10-12-6-4-7-14(17(12)22-13)15-8-5-9-16(20-2)18(15)21-3/h4-9,13,19H,10-11H2,1-3H3. The summed E-state index contributed by atoms with van der Waals surface area (Å²) in [6, 6.07) is 12.2. The van der Waals surface area contributed by atoms with Gasteiger partial charge in [0.25, 0.3) is 0 Å². The molecule has 0 bridgehead atoms. The lowest BCUT2D eigenvalue weighted by Gasteiger charge is -2.16. The highest BCUT2D eigenvalue weighted by Gasteiger charge is 2.26. The number of para-hydroxylation sites is 2. The van der Waals surface area contributed by atoms with Gasteiger partial charge in [0, 0.05) is 24.1 Å². The Kier molecular flexibility index (Phi) is 4.20. The predicted molar refractivity (Wildman–Crippen MR) is 87.0 cm³/mol. The van der Waals surface area contributed by atoms with Crippen LogP contribution < -0.4 is 19.5 Å². The van der Waals surface area contributed by atoms with Crippen LogP contribution in [0.4, 0.5) is 0 Å². The number of hydrogen-bond donors (Lipinski definition) is 1. The molecule has 0 saturated carbocycles. The summed E-state index contributed by atoms with van der Waals surface area (Å²) in [6.45, 7) is 0.837. The predicted octanol–water partition coefficient (Wildman–Crippen LogP) is 2.89. The molecule has 1 atom stereocenters. The van der Waals surface area contributed by atoms with Crippen molar-refractivity contribution in [3.05, 3.63) is 42.0 Å². The van der Waals surface area contributed by atoms with Gasteiger partial charge in [-0.15, -0.1) is 0 Å². The molecule has 1 heterocycles. The molecule has 0 radical (unpaired) electrons. The fourth-order valence-electron chi connectivity index (χ4n) is 2.99. The van der Waals surface area contributed by atoms with Gasteiger partial charge in [-0.1, -0.05) is 30.3 Å². The molecule has 0 amide bonds. The minimum atomic E-state index is 0.178. The Balaban J connectivity index is 2.07. The van der Waals surface area contributed by atoms with E-state index in [0.717, 1.165) is 41.3 Å². The maximum absolute atomic E-state index is 6.15. The van der Waals surface area contributed by atoms with Crippen molar-refractivity contribution in [3.8, 4) is 28.4 Å². The largest absolute Gasteiger partial charge is 0.493 e. The number of methoxy groups -OCH3 is 2. The molecule has 2 aromatic rings. The fraction of sp³-hybridized carbons (Fsp3) is 0.333. The van der Waals surface area contributed by atoms with E-state index in [1.54, 1.807) is 14.2 Å². The van der Waals surface area contributed by atoms with Crippen molar-refractivity contribution < 1.29 is 14.2 Å². The van der Waals surface area contributed by atoms with Gasteiger partial charge in [0.2, 0.25) is 0 Å². The molecule has 1 aliphatic heterocycles. The molecule has 2 aromatic carbocycles. The van der Waals surface area contributed by atoms with E-state index in [-0.39, 0.29) is 6.10 Å². The zero-order chi connectivity index (χ0) is 15.5. The molecule has 116 valence electrons. The topological polar surface area (TPSA) is 39.7 Å². The molecule has 0 fully saturated rings. The zero-order valence-electron chi connectivity index (χ0n) is 13.2. The Bertz CT molecular complexity index is 669. The van der Waals surface area contributed by atoms with E-state index in [1.807, 2.05) is 25.2 Å². The third kappa shape index (κ3) is 2.50. The molecule has 0 spiro atoms. The lowest BCUT2D eigenvalue weighted by atomic mass is 9.99. The number of nitrogens with one attached hydrogen (secondary N) is 1. The minimum Gasteiger partial charge on any atom is -0.493 e. The molecule has 1 N–H and O–H groups in total. The first-order chi connectivity index (χ1) is 10.8. The molecule has 1 unspecified atom stereocenters. The van der Waals surface area contributed by atoms with Crippen LogP contribution in [0.5, 0.6) is 17.2 Å². The van der Waals surface area contributed by atoms with Crippen molar-refractivity contribution in [2.45, 2.75) is 12.5 Å². The molecule has 3 rings (SSSR count). The van der Waals surface area contributed by atoms with Gasteiger partial charge in [-0.2, -0.15) is 0 Å². The molecule has 0 aromatic heterocycles. The Labute approximate surface area is 131 Å². The molecular formula is C18H21NO3. The summed E-state index contributed by atoms with van der Waals surface area (Å²) in [5.74, 6) is 2.41. The summed E-state index contributed by atoms with van der Waals surface area (Å²) >= 11 is 0. The summed E-state index contributed by atoms with van der Waals surface area (Å²) in [6.07, 6.45) is 1.11. The monoisotopic (exact) mass is 299 g/mol. The summed E-state index contributed by atoms with van der Waals surface area (Å²) < 4.78 is 17.1. The number of fused-ring (bicyclic) bond motifs is 1. The van der Waals surface area contributed by atoms with E-state index in [9.17, 15) is 0 Å². The summed E-state index contributed by atoms with van der Waals surface area (Å²) in [4.78, 5) is 0. The highest BCUT2D eigenvalue weighted by atomic mass is 16.5. The van der Waals surface area contributed by atoms with Gasteiger partial charge in [0.05, 0.1) is 14.2 Å². The second-order valence-corrected chi connectivity index (χ2v) is 5.34. The number of benzene rings is 2. The first kappa shape index (κ1) is 14.7. The zero-order valence-corrected chi connectivity index (χ0v) is 13.2. The van der Waals surface area contributed by atoms with Crippen molar-refractivity contribution >= 4 is 0 Å². The van der Waals surface area contributed by atoms with Gasteiger partial charge in [-0.25, -0.2) is 0 Å². The SMILES string of the molecule is CNCC1Cc2cccc(-c3cccc(OC)c3OC)c2O1. The van der Waals surface area contributed by atoms with Gasteiger partial charge < -0.3 is 19.5 Å². The van der Waals surface area contributed by atoms with Gasteiger partial charge in [-0.3, -0.25) is 0 Å². The van der Waals surface area contributed by atoms with Crippen LogP contribution in [-0.2, 0) is 6.42 Å². The van der Waals surface area contributed by atoms with Crippen LogP contribution in [0, 0.1) is 0 Å². The third-order valence-electron chi connectivity index (χ3n) is 3.95. The smallest absolute Gasteiger partial charge is 0.168 e. The lowest BCUT2D eigenvalue weighted by molar-refractivity contribution is 0.232. The van der Waals surface area contributed by atoms with Crippen LogP contribution in [0.25, 0.3) is 11.1 Å². The number of hydrogen-bond acceptors (Lipinski definition) is 4. The lowest BCUT2D eigenvalue weighted by Crippen LogP contribution is -2.27. The highest BCUT2D eigenvalue weighted by molar-refractivity contribution is 5.80. The maximum atomic E-state index is 6.15. The van der Waals surface area contributed by atoms with Crippen molar-refractivity contribution in [1.82, 2.24) is 5.32 Å². The first-order valence-electron chi connectivity index (χ1n) is 7.43. The quantitative estimate of drug-likeness (QED) is 0.921. The normalized spacial score (nSPS) is 16.0. The van der Waals surface area contributed by atoms with Crippen LogP contribution in [0.2, 0.25) is 0 Å². The van der Waals surface area contributed by atoms with Crippen molar-refractivity contribution in [3.63, 3.8) is 0 Å². The van der Waals surface area contributed by atoms with Crippen LogP contribution in [0.3, 0.4) is 0 Å². The van der Waals surface area contributed by atoms with Crippen LogP contribution in [-0.4, -0.2) is 33.9 Å². The van der Waals surface area contributed by atoms with Crippen LogP contribution in [0.15, 0.2) is 36.4 Å². The van der Waals surface area contributed by atoms with Crippen molar-refractivity contribution in [2.75, 3.05) is 27.8 Å². The number of likely N-dealkylation sites (N-methyl/N-ethyl adjacent to an activating group) is 1. The Morgan fingerprint density at radius 3 is 2.59 bits per heavy atom. The number of rotatable bonds is 5. The molecule has 4 nitrogen and oxygen atoms in total. The average molecular weight is 299 g/mol. The second kappa shape index (κ2) is 6.28. The fourth-order valence-corrected chi connectivity index (χ4v) is 2.99. The number of ether oxygens (including phenoxy) is 3. The summed E-state index contributed by atoms with van der Waals surface area (Å²) in [5.41, 5.74) is 3.28. The van der Waals surface area contributed by atoms with Gasteiger partial charge >= 0.3 is 0 Å². The average Bonchev–Trinajstić information content (AvgIpc) is 2.96. The second-order valence-electron chi connectivity index (χ2n) is 5.34. The molecule has 1 aliphatic rings. The molecular weight excluding hydrogens is 278 g/mol. The minimum absolute atomic E-state index is 0.178. The van der Waals surface area contributed by atoms with E-state index in [0.29, 0.717) is 0 Å². The Morgan fingerprint density at radius 1 is 1.09 bits per heavy atom. The van der Waals surface area contributed by atoms with Crippen molar-refractivity contribution in [1.29, 1.82) is 0 Å². The van der Waals surface area contributed by atoms with E-state index in [1.165, 1.54) is 5.56 Å². The van der Waals surface area contributed by atoms with Crippen LogP contribution >= 0.6 is 0 Å². The molecule has 0 aliphatic carbocycles. The molecule has 22 heavy (non-hydrogen) atoms. The maximum Gasteiger partial charge on any atom is 0.168 e. The van der Waals surface area contributed by atoms with E-state index in [2.05, 4.69) is 23.5 Å². The van der Waals surface area contributed by atoms with Crippen molar-refractivity contribution in [2.24, 2.45) is 0 Å². The summed E-state index contributed by atoms with van der Waals surface area (Å²) in [5, 5.41) is 3.17. The van der Waals surface area contributed by atoms with E-state index >= 15 is 0 Å². The van der Waals surface area contributed by atoms with Crippen LogP contribution in [0.1, 0.15) is 5.56 Å². The highest BCUT2D eigenvalue weighted by Crippen LogP contribution is 2.45. The molecule has 4 heteroatoms. The van der Waals surface area contributed by atoms with Gasteiger partial charge in [-0.05, 0) is 18.7 Å². The van der Waals surface area contributed by atoms with Gasteiger partial charge in [0.15, 0.2) is 11.5 Å². The van der Waals surface area contributed by atoms with Gasteiger partial charge in [0.1, 0.15) is 11.9 Å². The van der Waals surface area contributed by atoms with E-state index in [4.69, 9.17) is 14.2 Å². The molecule has 0 saturated heterocycles. The first-order valence-corrected chi connectivity index (χ1v) is 7.43. The Hall–Kier alpha value is -2.20. The summed E-state index contributed by atoms with van der Waals surface area (Å²) in [7, 11) is 5.25.